The Bertz CT molecular complexity index is 474. The van der Waals surface area contributed by atoms with E-state index in [0.717, 1.165) is 44.9 Å². The lowest BCUT2D eigenvalue weighted by Gasteiger charge is -2.36. The number of methoxy groups -OCH3 is 1. The summed E-state index contributed by atoms with van der Waals surface area (Å²) in [5.41, 5.74) is -0.0795. The number of aryl methyl sites for hydroxylation is 1. The molecule has 1 aromatic rings. The quantitative estimate of drug-likeness (QED) is 0.750. The molecule has 1 unspecified atom stereocenters. The molecule has 2 heterocycles. The molecular formula is C14H24N4O2. The Labute approximate surface area is 119 Å². The van der Waals surface area contributed by atoms with Gasteiger partial charge in [0.05, 0.1) is 6.61 Å². The summed E-state index contributed by atoms with van der Waals surface area (Å²) in [6.07, 6.45) is 3.52. The van der Waals surface area contributed by atoms with Gasteiger partial charge in [0.15, 0.2) is 0 Å². The predicted molar refractivity (Wildman–Crippen MR) is 79.3 cm³/mol. The average molecular weight is 280 g/mol. The van der Waals surface area contributed by atoms with Crippen LogP contribution in [0.3, 0.4) is 0 Å². The smallest absolute Gasteiger partial charge is 0.252 e. The zero-order valence-corrected chi connectivity index (χ0v) is 12.3. The van der Waals surface area contributed by atoms with Crippen molar-refractivity contribution in [2.45, 2.75) is 32.2 Å². The number of ether oxygens (including phenoxy) is 1. The van der Waals surface area contributed by atoms with E-state index < -0.39 is 0 Å². The van der Waals surface area contributed by atoms with Crippen LogP contribution in [0.5, 0.6) is 0 Å². The van der Waals surface area contributed by atoms with Gasteiger partial charge >= 0.3 is 0 Å². The van der Waals surface area contributed by atoms with Crippen molar-refractivity contribution in [1.29, 1.82) is 0 Å². The van der Waals surface area contributed by atoms with Crippen LogP contribution in [0.25, 0.3) is 0 Å². The summed E-state index contributed by atoms with van der Waals surface area (Å²) in [6, 6.07) is 2.00. The van der Waals surface area contributed by atoms with Crippen LogP contribution in [-0.2, 0) is 4.74 Å². The molecule has 0 bridgehead atoms. The van der Waals surface area contributed by atoms with Crippen molar-refractivity contribution in [3.63, 3.8) is 0 Å². The van der Waals surface area contributed by atoms with Crippen molar-refractivity contribution in [1.82, 2.24) is 15.3 Å². The van der Waals surface area contributed by atoms with E-state index in [1.807, 2.05) is 6.92 Å². The van der Waals surface area contributed by atoms with E-state index in [1.54, 1.807) is 13.2 Å². The largest absolute Gasteiger partial charge is 0.383 e. The van der Waals surface area contributed by atoms with Crippen LogP contribution in [0.1, 0.15) is 25.1 Å². The summed E-state index contributed by atoms with van der Waals surface area (Å²) in [4.78, 5) is 21.0. The predicted octanol–water partition coefficient (Wildman–Crippen LogP) is 0.673. The number of anilines is 1. The minimum absolute atomic E-state index is 0.0795. The summed E-state index contributed by atoms with van der Waals surface area (Å²) >= 11 is 0. The fourth-order valence-electron chi connectivity index (χ4n) is 2.67. The molecule has 0 spiro atoms. The summed E-state index contributed by atoms with van der Waals surface area (Å²) in [6.45, 7) is 5.25. The molecule has 112 valence electrons. The number of aromatic nitrogens is 2. The minimum Gasteiger partial charge on any atom is -0.383 e. The SMILES string of the molecule is COCCNCC1CCCCN1c1cc(=O)[nH]c(C)n1. The molecule has 1 aromatic heterocycles. The maximum absolute atomic E-state index is 11.6. The van der Waals surface area contributed by atoms with Crippen molar-refractivity contribution in [2.75, 3.05) is 38.3 Å². The van der Waals surface area contributed by atoms with Gasteiger partial charge < -0.3 is 19.9 Å². The second-order valence-corrected chi connectivity index (χ2v) is 5.23. The first-order valence-corrected chi connectivity index (χ1v) is 7.25. The Morgan fingerprint density at radius 3 is 3.15 bits per heavy atom. The molecule has 1 atom stereocenters. The molecule has 0 aliphatic carbocycles. The molecular weight excluding hydrogens is 256 g/mol. The number of nitrogens with zero attached hydrogens (tertiary/aromatic N) is 2. The van der Waals surface area contributed by atoms with Crippen LogP contribution in [-0.4, -0.2) is 49.4 Å². The molecule has 1 saturated heterocycles. The molecule has 1 fully saturated rings. The van der Waals surface area contributed by atoms with Crippen molar-refractivity contribution in [3.8, 4) is 0 Å². The first-order valence-electron chi connectivity index (χ1n) is 7.25. The molecule has 0 amide bonds. The zero-order valence-electron chi connectivity index (χ0n) is 12.3. The highest BCUT2D eigenvalue weighted by atomic mass is 16.5. The third-order valence-corrected chi connectivity index (χ3v) is 3.63. The lowest BCUT2D eigenvalue weighted by atomic mass is 10.0. The summed E-state index contributed by atoms with van der Waals surface area (Å²) in [5, 5.41) is 3.40. The molecule has 6 heteroatoms. The molecule has 1 aliphatic heterocycles. The topological polar surface area (TPSA) is 70.2 Å². The Balaban J connectivity index is 2.04. The zero-order chi connectivity index (χ0) is 14.4. The minimum atomic E-state index is -0.0795. The Morgan fingerprint density at radius 2 is 2.40 bits per heavy atom. The van der Waals surface area contributed by atoms with Crippen LogP contribution in [0.15, 0.2) is 10.9 Å². The van der Waals surface area contributed by atoms with Crippen molar-refractivity contribution in [3.05, 3.63) is 22.2 Å². The van der Waals surface area contributed by atoms with Crippen LogP contribution in [0.4, 0.5) is 5.82 Å². The lowest BCUT2D eigenvalue weighted by molar-refractivity contribution is 0.198. The number of hydrogen-bond acceptors (Lipinski definition) is 5. The highest BCUT2D eigenvalue weighted by Gasteiger charge is 2.23. The maximum atomic E-state index is 11.6. The van der Waals surface area contributed by atoms with Crippen LogP contribution in [0.2, 0.25) is 0 Å². The van der Waals surface area contributed by atoms with E-state index in [4.69, 9.17) is 4.74 Å². The van der Waals surface area contributed by atoms with Crippen LogP contribution < -0.4 is 15.8 Å². The third kappa shape index (κ3) is 4.05. The fraction of sp³-hybridized carbons (Fsp3) is 0.714. The van der Waals surface area contributed by atoms with Gasteiger partial charge in [-0.25, -0.2) is 4.98 Å². The molecule has 0 saturated carbocycles. The monoisotopic (exact) mass is 280 g/mol. The summed E-state index contributed by atoms with van der Waals surface area (Å²) in [5.74, 6) is 1.47. The van der Waals surface area contributed by atoms with E-state index in [9.17, 15) is 4.79 Å². The average Bonchev–Trinajstić information content (AvgIpc) is 2.43. The van der Waals surface area contributed by atoms with Gasteiger partial charge in [0.1, 0.15) is 11.6 Å². The van der Waals surface area contributed by atoms with Crippen LogP contribution >= 0.6 is 0 Å². The van der Waals surface area contributed by atoms with E-state index in [2.05, 4.69) is 20.2 Å². The fourth-order valence-corrected chi connectivity index (χ4v) is 2.67. The molecule has 0 radical (unpaired) electrons. The third-order valence-electron chi connectivity index (χ3n) is 3.63. The standard InChI is InChI=1S/C14H24N4O2/c1-11-16-13(9-14(19)17-11)18-7-4-3-5-12(18)10-15-6-8-20-2/h9,12,15H,3-8,10H2,1-2H3,(H,16,17,19). The first-order chi connectivity index (χ1) is 9.70. The van der Waals surface area contributed by atoms with E-state index in [0.29, 0.717) is 11.9 Å². The second kappa shape index (κ2) is 7.40. The Hall–Kier alpha value is -1.40. The number of hydrogen-bond donors (Lipinski definition) is 2. The number of aromatic amines is 1. The van der Waals surface area contributed by atoms with Crippen LogP contribution in [0, 0.1) is 6.92 Å². The summed E-state index contributed by atoms with van der Waals surface area (Å²) < 4.78 is 5.04. The highest BCUT2D eigenvalue weighted by molar-refractivity contribution is 5.39. The number of piperidine rings is 1. The van der Waals surface area contributed by atoms with Gasteiger partial charge in [-0.2, -0.15) is 0 Å². The van der Waals surface area contributed by atoms with Crippen molar-refractivity contribution in [2.24, 2.45) is 0 Å². The Kier molecular flexibility index (Phi) is 5.55. The van der Waals surface area contributed by atoms with Gasteiger partial charge in [-0.15, -0.1) is 0 Å². The summed E-state index contributed by atoms with van der Waals surface area (Å²) in [7, 11) is 1.71. The van der Waals surface area contributed by atoms with Crippen molar-refractivity contribution >= 4 is 5.82 Å². The van der Waals surface area contributed by atoms with Gasteiger partial charge in [-0.1, -0.05) is 0 Å². The van der Waals surface area contributed by atoms with Gasteiger partial charge in [0.2, 0.25) is 0 Å². The van der Waals surface area contributed by atoms with Gasteiger partial charge in [-0.3, -0.25) is 4.79 Å². The molecule has 1 aliphatic rings. The second-order valence-electron chi connectivity index (χ2n) is 5.23. The van der Waals surface area contributed by atoms with Gasteiger partial charge in [0, 0.05) is 38.9 Å². The molecule has 0 aromatic carbocycles. The first kappa shape index (κ1) is 15.0. The number of H-pyrrole nitrogens is 1. The van der Waals surface area contributed by atoms with Crippen molar-refractivity contribution < 1.29 is 4.74 Å². The number of nitrogens with one attached hydrogen (secondary N) is 2. The van der Waals surface area contributed by atoms with Gasteiger partial charge in [-0.05, 0) is 26.2 Å². The lowest BCUT2D eigenvalue weighted by Crippen LogP contribution is -2.46. The normalized spacial score (nSPS) is 19.3. The molecule has 20 heavy (non-hydrogen) atoms. The van der Waals surface area contributed by atoms with Gasteiger partial charge in [0.25, 0.3) is 5.56 Å². The molecule has 2 N–H and O–H groups in total. The Morgan fingerprint density at radius 1 is 1.55 bits per heavy atom. The van der Waals surface area contributed by atoms with E-state index in [1.165, 1.54) is 6.42 Å². The molecule has 6 nitrogen and oxygen atoms in total. The van der Waals surface area contributed by atoms with E-state index >= 15 is 0 Å². The maximum Gasteiger partial charge on any atom is 0.252 e. The highest BCUT2D eigenvalue weighted by Crippen LogP contribution is 2.21. The van der Waals surface area contributed by atoms with E-state index in [-0.39, 0.29) is 5.56 Å². The molecule has 2 rings (SSSR count). The number of rotatable bonds is 6.